The molecule has 0 aliphatic heterocycles. The van der Waals surface area contributed by atoms with Crippen molar-refractivity contribution < 1.29 is 8.42 Å². The fourth-order valence-corrected chi connectivity index (χ4v) is 0. The SMILES string of the molecule is CC.N.NS(=O)(=O)C(Cl)(Cl)Cl. The smallest absolute Gasteiger partial charge is 0.306 e. The highest BCUT2D eigenvalue weighted by Gasteiger charge is 2.34. The van der Waals surface area contributed by atoms with E-state index in [-0.39, 0.29) is 6.15 Å². The molecule has 5 N–H and O–H groups in total. The maximum absolute atomic E-state index is 10.0. The van der Waals surface area contributed by atoms with Crippen LogP contribution in [0.15, 0.2) is 0 Å². The first-order valence-corrected chi connectivity index (χ1v) is 5.02. The lowest BCUT2D eigenvalue weighted by atomic mass is 11.0. The fraction of sp³-hybridized carbons (Fsp3) is 1.00. The Kier molecular flexibility index (Phi) is 10.1. The Morgan fingerprint density at radius 3 is 1.27 bits per heavy atom. The van der Waals surface area contributed by atoms with E-state index in [1.165, 1.54) is 0 Å². The average molecular weight is 246 g/mol. The lowest BCUT2D eigenvalue weighted by Gasteiger charge is -2.04. The van der Waals surface area contributed by atoms with Crippen molar-refractivity contribution in [2.24, 2.45) is 5.14 Å². The number of hydrogen-bond acceptors (Lipinski definition) is 3. The quantitative estimate of drug-likeness (QED) is 0.637. The van der Waals surface area contributed by atoms with Crippen molar-refractivity contribution in [3.63, 3.8) is 0 Å². The minimum atomic E-state index is -4.04. The predicted molar refractivity (Wildman–Crippen MR) is 49.8 cm³/mol. The highest BCUT2D eigenvalue weighted by Crippen LogP contribution is 2.29. The summed E-state index contributed by atoms with van der Waals surface area (Å²) >= 11 is 14.5. The zero-order valence-electron chi connectivity index (χ0n) is 6.14. The normalized spacial score (nSPS) is 10.7. The molecule has 0 rings (SSSR count). The standard InChI is InChI=1S/C2H6.CH2Cl3NO2S.H3N/c1-2;2-1(3,4)8(5,6)7;/h1-2H3;(H2,5,6,7);1H3. The summed E-state index contributed by atoms with van der Waals surface area (Å²) < 4.78 is 17.7. The molecule has 0 fully saturated rings. The second-order valence-electron chi connectivity index (χ2n) is 0.991. The molecule has 11 heavy (non-hydrogen) atoms. The highest BCUT2D eigenvalue weighted by atomic mass is 35.6. The fourth-order valence-electron chi connectivity index (χ4n) is 0. The van der Waals surface area contributed by atoms with E-state index >= 15 is 0 Å². The van der Waals surface area contributed by atoms with Gasteiger partial charge in [-0.05, 0) is 0 Å². The summed E-state index contributed by atoms with van der Waals surface area (Å²) in [4.78, 5) is 0. The third-order valence-electron chi connectivity index (χ3n) is 0.323. The molecule has 0 amide bonds. The van der Waals surface area contributed by atoms with Crippen LogP contribution < -0.4 is 11.3 Å². The van der Waals surface area contributed by atoms with Crippen LogP contribution in [-0.4, -0.2) is 11.5 Å². The largest absolute Gasteiger partial charge is 0.344 e. The van der Waals surface area contributed by atoms with Crippen molar-refractivity contribution in [1.29, 1.82) is 0 Å². The molecule has 0 aromatic heterocycles. The molecule has 0 saturated heterocycles. The first kappa shape index (κ1) is 17.7. The van der Waals surface area contributed by atoms with Gasteiger partial charge in [-0.3, -0.25) is 0 Å². The lowest BCUT2D eigenvalue weighted by Crippen LogP contribution is -2.27. The highest BCUT2D eigenvalue weighted by molar-refractivity contribution is 7.95. The van der Waals surface area contributed by atoms with Crippen LogP contribution in [0.25, 0.3) is 0 Å². The Morgan fingerprint density at radius 2 is 1.27 bits per heavy atom. The molecule has 72 valence electrons. The van der Waals surface area contributed by atoms with Crippen LogP contribution in [0.4, 0.5) is 0 Å². The summed E-state index contributed by atoms with van der Waals surface area (Å²) in [5.41, 5.74) is 0. The Labute approximate surface area is 81.6 Å². The van der Waals surface area contributed by atoms with Crippen LogP contribution in [0.1, 0.15) is 13.8 Å². The van der Waals surface area contributed by atoms with E-state index in [1.54, 1.807) is 0 Å². The molecule has 0 aliphatic rings. The van der Waals surface area contributed by atoms with E-state index in [4.69, 9.17) is 34.8 Å². The molecule has 0 heterocycles. The second kappa shape index (κ2) is 6.28. The van der Waals surface area contributed by atoms with Crippen molar-refractivity contribution in [2.75, 3.05) is 0 Å². The number of primary sulfonamides is 1. The van der Waals surface area contributed by atoms with Crippen molar-refractivity contribution >= 4 is 44.8 Å². The number of hydrogen-bond donors (Lipinski definition) is 2. The van der Waals surface area contributed by atoms with Crippen LogP contribution in [0.3, 0.4) is 0 Å². The van der Waals surface area contributed by atoms with Gasteiger partial charge in [0, 0.05) is 0 Å². The first-order chi connectivity index (χ1) is 4.25. The minimum Gasteiger partial charge on any atom is -0.344 e. The van der Waals surface area contributed by atoms with E-state index in [2.05, 4.69) is 5.14 Å². The Bertz CT molecular complexity index is 174. The summed E-state index contributed by atoms with van der Waals surface area (Å²) in [6.07, 6.45) is 0. The number of alkyl halides is 3. The van der Waals surface area contributed by atoms with E-state index in [9.17, 15) is 8.42 Å². The molecular weight excluding hydrogens is 234 g/mol. The van der Waals surface area contributed by atoms with Gasteiger partial charge in [0.15, 0.2) is 0 Å². The van der Waals surface area contributed by atoms with E-state index in [0.29, 0.717) is 0 Å². The maximum Gasteiger partial charge on any atom is 0.306 e. The van der Waals surface area contributed by atoms with Crippen molar-refractivity contribution in [1.82, 2.24) is 6.15 Å². The van der Waals surface area contributed by atoms with Gasteiger partial charge in [-0.15, -0.1) is 0 Å². The monoisotopic (exact) mass is 244 g/mol. The van der Waals surface area contributed by atoms with Gasteiger partial charge in [-0.25, -0.2) is 13.6 Å². The van der Waals surface area contributed by atoms with Crippen LogP contribution in [0.2, 0.25) is 0 Å². The van der Waals surface area contributed by atoms with Crippen LogP contribution in [0.5, 0.6) is 0 Å². The number of rotatable bonds is 0. The minimum absolute atomic E-state index is 0. The van der Waals surface area contributed by atoms with Crippen LogP contribution in [0, 0.1) is 0 Å². The molecule has 0 spiro atoms. The molecule has 0 bridgehead atoms. The zero-order valence-corrected chi connectivity index (χ0v) is 9.23. The van der Waals surface area contributed by atoms with Crippen molar-refractivity contribution in [3.8, 4) is 0 Å². The average Bonchev–Trinajstić information content (AvgIpc) is 1.66. The molecule has 8 heteroatoms. The van der Waals surface area contributed by atoms with Gasteiger partial charge in [-0.2, -0.15) is 0 Å². The summed E-state index contributed by atoms with van der Waals surface area (Å²) in [7, 11) is -4.04. The topological polar surface area (TPSA) is 95.2 Å². The number of sulfonamides is 1. The third kappa shape index (κ3) is 8.65. The Balaban J connectivity index is -0.000000196. The summed E-state index contributed by atoms with van der Waals surface area (Å²) in [5.74, 6) is 0. The molecular formula is C3H11Cl3N2O2S. The molecule has 0 aromatic rings. The summed E-state index contributed by atoms with van der Waals surface area (Å²) in [6.45, 7) is 4.00. The van der Waals surface area contributed by atoms with Gasteiger partial charge in [0.2, 0.25) is 0 Å². The van der Waals surface area contributed by atoms with Gasteiger partial charge in [-0.1, -0.05) is 48.7 Å². The Morgan fingerprint density at radius 1 is 1.18 bits per heavy atom. The molecule has 0 atom stereocenters. The molecule has 0 radical (unpaired) electrons. The Hall–Kier alpha value is 0.740. The van der Waals surface area contributed by atoms with Crippen molar-refractivity contribution in [2.45, 2.75) is 17.0 Å². The van der Waals surface area contributed by atoms with Gasteiger partial charge in [0.05, 0.1) is 0 Å². The van der Waals surface area contributed by atoms with Gasteiger partial charge in [0.1, 0.15) is 0 Å². The lowest BCUT2D eigenvalue weighted by molar-refractivity contribution is 0.598. The number of nitrogens with two attached hydrogens (primary N) is 1. The van der Waals surface area contributed by atoms with Crippen LogP contribution >= 0.6 is 34.8 Å². The van der Waals surface area contributed by atoms with Gasteiger partial charge >= 0.3 is 3.12 Å². The third-order valence-corrected chi connectivity index (χ3v) is 2.90. The van der Waals surface area contributed by atoms with Gasteiger partial charge < -0.3 is 6.15 Å². The number of halogens is 3. The van der Waals surface area contributed by atoms with Crippen molar-refractivity contribution in [3.05, 3.63) is 0 Å². The summed E-state index contributed by atoms with van der Waals surface area (Å²) in [6, 6.07) is 0. The molecule has 0 aromatic carbocycles. The van der Waals surface area contributed by atoms with Crippen LogP contribution in [-0.2, 0) is 10.0 Å². The molecule has 0 unspecified atom stereocenters. The van der Waals surface area contributed by atoms with Gasteiger partial charge in [0.25, 0.3) is 10.0 Å². The molecule has 4 nitrogen and oxygen atoms in total. The first-order valence-electron chi connectivity index (χ1n) is 2.34. The predicted octanol–water partition coefficient (Wildman–Crippen LogP) is 1.79. The second-order valence-corrected chi connectivity index (χ2v) is 5.65. The maximum atomic E-state index is 10.0. The van der Waals surface area contributed by atoms with E-state index < -0.39 is 13.1 Å². The molecule has 0 saturated carbocycles. The van der Waals surface area contributed by atoms with E-state index in [0.717, 1.165) is 0 Å². The summed E-state index contributed by atoms with van der Waals surface area (Å²) in [5, 5.41) is 4.39. The zero-order chi connectivity index (χ0) is 9.00. The van der Waals surface area contributed by atoms with E-state index in [1.807, 2.05) is 13.8 Å². The molecule has 0 aliphatic carbocycles.